The largest absolute Gasteiger partial charge is 2.00 e. The minimum Gasteiger partial charge on any atom is -0.531 e. The SMILES string of the molecule is CC([N-]O)c1ccccc1.[HH].[Ni+2].c1ccc([C@@H]2CC[C@@H](c3ccccc3)[PH+]2CC[PH+]2[C@H](c3ccccc3)CC[C@H]2c2ccccc2)cc1. The maximum atomic E-state index is 8.41. The quantitative estimate of drug-likeness (QED) is 0.0925. The van der Waals surface area contributed by atoms with Gasteiger partial charge in [0.15, 0.2) is 0 Å². The molecule has 47 heavy (non-hydrogen) atoms. The fourth-order valence-electron chi connectivity index (χ4n) is 7.94. The number of rotatable bonds is 9. The van der Waals surface area contributed by atoms with Crippen LogP contribution in [-0.2, 0) is 16.5 Å². The fourth-order valence-corrected chi connectivity index (χ4v) is 17.2. The molecule has 0 aliphatic carbocycles. The molecule has 0 bridgehead atoms. The van der Waals surface area contributed by atoms with Crippen LogP contribution in [0.3, 0.4) is 0 Å². The van der Waals surface area contributed by atoms with Gasteiger partial charge in [-0.25, -0.2) is 0 Å². The van der Waals surface area contributed by atoms with Crippen molar-refractivity contribution in [2.75, 3.05) is 12.3 Å². The molecule has 2 aliphatic heterocycles. The van der Waals surface area contributed by atoms with E-state index in [0.717, 1.165) is 28.2 Å². The molecule has 246 valence electrons. The van der Waals surface area contributed by atoms with E-state index in [9.17, 15) is 0 Å². The zero-order chi connectivity index (χ0) is 31.6. The van der Waals surface area contributed by atoms with E-state index >= 15 is 0 Å². The van der Waals surface area contributed by atoms with Crippen molar-refractivity contribution in [1.29, 1.82) is 0 Å². The molecule has 0 aromatic heterocycles. The zero-order valence-corrected chi connectivity index (χ0v) is 30.3. The van der Waals surface area contributed by atoms with Crippen molar-refractivity contribution in [3.8, 4) is 0 Å². The molecule has 0 saturated carbocycles. The first-order valence-corrected chi connectivity index (χ1v) is 20.8. The van der Waals surface area contributed by atoms with Crippen LogP contribution in [0.25, 0.3) is 5.48 Å². The third-order valence-electron chi connectivity index (χ3n) is 10.2. The predicted molar refractivity (Wildman–Crippen MR) is 204 cm³/mol. The number of hydrogen-bond donors (Lipinski definition) is 1. The molecule has 2 heterocycles. The van der Waals surface area contributed by atoms with Gasteiger partial charge in [0, 0.05) is 17.3 Å². The minimum absolute atomic E-state index is 0. The van der Waals surface area contributed by atoms with Crippen LogP contribution in [-0.4, -0.2) is 17.5 Å². The van der Waals surface area contributed by atoms with Gasteiger partial charge in [0.05, 0.1) is 35.0 Å². The molecule has 2 fully saturated rings. The molecule has 5 aromatic carbocycles. The van der Waals surface area contributed by atoms with Crippen molar-refractivity contribution in [3.05, 3.63) is 185 Å². The van der Waals surface area contributed by atoms with E-state index in [1.54, 1.807) is 22.3 Å². The summed E-state index contributed by atoms with van der Waals surface area (Å²) in [6.45, 7) is 1.84. The van der Waals surface area contributed by atoms with Crippen molar-refractivity contribution >= 4 is 15.8 Å². The smallest absolute Gasteiger partial charge is 0.531 e. The maximum Gasteiger partial charge on any atom is 2.00 e. The van der Waals surface area contributed by atoms with E-state index in [1.165, 1.54) is 38.0 Å². The number of hydrogen-bond acceptors (Lipinski definition) is 1. The maximum absolute atomic E-state index is 8.41. The van der Waals surface area contributed by atoms with Crippen molar-refractivity contribution in [1.82, 2.24) is 0 Å². The van der Waals surface area contributed by atoms with Crippen molar-refractivity contribution < 1.29 is 23.1 Å². The zero-order valence-electron chi connectivity index (χ0n) is 27.3. The van der Waals surface area contributed by atoms with Gasteiger partial charge >= 0.3 is 16.5 Å². The molecular weight excluding hydrogens is 655 g/mol. The summed E-state index contributed by atoms with van der Waals surface area (Å²) < 4.78 is 0. The Morgan fingerprint density at radius 3 is 1.02 bits per heavy atom. The van der Waals surface area contributed by atoms with Gasteiger partial charge in [-0.3, -0.25) is 0 Å². The summed E-state index contributed by atoms with van der Waals surface area (Å²) in [6, 6.07) is 55.6. The summed E-state index contributed by atoms with van der Waals surface area (Å²) in [7, 11) is -1.13. The van der Waals surface area contributed by atoms with Gasteiger partial charge in [-0.1, -0.05) is 170 Å². The van der Waals surface area contributed by atoms with Gasteiger partial charge < -0.3 is 10.7 Å². The molecule has 2 nitrogen and oxygen atoms in total. The van der Waals surface area contributed by atoms with Gasteiger partial charge in [0.2, 0.25) is 0 Å². The van der Waals surface area contributed by atoms with Gasteiger partial charge in [0.25, 0.3) is 0 Å². The molecular formula is C42H50NNiOP2+3. The molecule has 1 unspecified atom stereocenters. The molecule has 0 spiro atoms. The average molecular weight is 706 g/mol. The molecule has 0 amide bonds. The topological polar surface area (TPSA) is 34.3 Å². The van der Waals surface area contributed by atoms with Gasteiger partial charge in [0.1, 0.15) is 0 Å². The van der Waals surface area contributed by atoms with Gasteiger partial charge in [-0.05, 0) is 47.9 Å². The summed E-state index contributed by atoms with van der Waals surface area (Å²) in [5.74, 6) is 0. The van der Waals surface area contributed by atoms with Crippen LogP contribution in [0.1, 0.15) is 90.5 Å². The predicted octanol–water partition coefficient (Wildman–Crippen LogP) is 12.7. The van der Waals surface area contributed by atoms with E-state index in [4.69, 9.17) is 5.21 Å². The van der Waals surface area contributed by atoms with E-state index in [2.05, 4.69) is 127 Å². The van der Waals surface area contributed by atoms with E-state index in [0.29, 0.717) is 0 Å². The van der Waals surface area contributed by atoms with Crippen LogP contribution in [0, 0.1) is 0 Å². The molecule has 1 N–H and O–H groups in total. The third kappa shape index (κ3) is 9.09. The number of benzene rings is 5. The molecule has 0 radical (unpaired) electrons. The second-order valence-electron chi connectivity index (χ2n) is 12.9. The first kappa shape index (κ1) is 35.7. The molecule has 5 atom stereocenters. The van der Waals surface area contributed by atoms with Crippen LogP contribution in [0.4, 0.5) is 0 Å². The van der Waals surface area contributed by atoms with Gasteiger partial charge in [-0.15, -0.1) is 0 Å². The van der Waals surface area contributed by atoms with E-state index in [1.807, 2.05) is 37.3 Å². The summed E-state index contributed by atoms with van der Waals surface area (Å²) in [6.07, 6.45) is 8.39. The summed E-state index contributed by atoms with van der Waals surface area (Å²) in [5, 5.41) is 8.41. The fraction of sp³-hybridized carbons (Fsp3) is 0.286. The number of hydroxylamine groups is 1. The average Bonchev–Trinajstić information content (AvgIpc) is 3.77. The minimum atomic E-state index is -0.564. The number of nitrogens with zero attached hydrogens (tertiary/aromatic N) is 1. The van der Waals surface area contributed by atoms with Crippen molar-refractivity contribution in [3.63, 3.8) is 0 Å². The Bertz CT molecular complexity index is 1390. The Balaban J connectivity index is 0.000000375. The van der Waals surface area contributed by atoms with Crippen LogP contribution in [0.5, 0.6) is 0 Å². The van der Waals surface area contributed by atoms with Crippen LogP contribution >= 0.6 is 15.8 Å². The summed E-state index contributed by atoms with van der Waals surface area (Å²) >= 11 is 0. The molecule has 2 aliphatic rings. The molecule has 5 heteroatoms. The molecule has 2 saturated heterocycles. The van der Waals surface area contributed by atoms with Crippen LogP contribution in [0.2, 0.25) is 0 Å². The Morgan fingerprint density at radius 2 is 0.766 bits per heavy atom. The van der Waals surface area contributed by atoms with Crippen LogP contribution in [0.15, 0.2) is 152 Å². The standard InChI is InChI=1S/C34H36P2.C8H10NO.Ni.H2/c1-5-13-27(14-6-1)31-21-22-32(28-15-7-2-8-16-28)35(31)25-26-36-33(29-17-9-3-10-18-29)23-24-34(36)30-19-11-4-12-20-30;1-7(9-10)8-5-3-2-4-6-8;;/h1-20,31-34H,21-26H2;2-7,10H,1H3;;1H/q;-1;+2;/p+2/t31-,32-,33-,34-;;;/m0.../s1. The van der Waals surface area contributed by atoms with Crippen molar-refractivity contribution in [2.24, 2.45) is 0 Å². The van der Waals surface area contributed by atoms with E-state index < -0.39 is 15.8 Å². The Hall–Kier alpha value is -2.63. The van der Waals surface area contributed by atoms with Crippen LogP contribution < -0.4 is 0 Å². The summed E-state index contributed by atoms with van der Waals surface area (Å²) in [4.78, 5) is 0. The monoisotopic (exact) mass is 704 g/mol. The second-order valence-corrected chi connectivity index (χ2v) is 18.9. The summed E-state index contributed by atoms with van der Waals surface area (Å²) in [5.41, 5.74) is 13.8. The Labute approximate surface area is 296 Å². The normalized spacial score (nSPS) is 21.7. The molecule has 7 rings (SSSR count). The third-order valence-corrected chi connectivity index (χ3v) is 18.5. The second kappa shape index (κ2) is 18.2. The Kier molecular flexibility index (Phi) is 13.8. The first-order chi connectivity index (χ1) is 22.7. The van der Waals surface area contributed by atoms with Crippen molar-refractivity contribution in [2.45, 2.75) is 61.3 Å². The van der Waals surface area contributed by atoms with Gasteiger partial charge in [-0.2, -0.15) is 0 Å². The first-order valence-electron chi connectivity index (χ1n) is 17.0. The Morgan fingerprint density at radius 1 is 0.511 bits per heavy atom. The van der Waals surface area contributed by atoms with E-state index in [-0.39, 0.29) is 24.0 Å². The molecule has 5 aromatic rings.